The molecule has 1 aromatic rings. The number of oxazole rings is 1. The lowest BCUT2D eigenvalue weighted by atomic mass is 10.1. The molecule has 13 heavy (non-hydrogen) atoms. The van der Waals surface area contributed by atoms with E-state index in [0.717, 1.165) is 0 Å². The van der Waals surface area contributed by atoms with Crippen molar-refractivity contribution >= 4 is 0 Å². The number of aromatic nitrogens is 1. The van der Waals surface area contributed by atoms with Crippen molar-refractivity contribution in [3.63, 3.8) is 0 Å². The summed E-state index contributed by atoms with van der Waals surface area (Å²) in [4.78, 5) is 13.0. The number of hydrogen-bond acceptors (Lipinski definition) is 3. The quantitative estimate of drug-likeness (QED) is 0.683. The molecule has 2 atom stereocenters. The third kappa shape index (κ3) is 0.884. The van der Waals surface area contributed by atoms with Crippen LogP contribution in [0.2, 0.25) is 0 Å². The molecule has 2 fully saturated rings. The van der Waals surface area contributed by atoms with Crippen molar-refractivity contribution in [2.24, 2.45) is 11.8 Å². The minimum absolute atomic E-state index is 0.0654. The topological polar surface area (TPSA) is 66.2 Å². The first-order chi connectivity index (χ1) is 6.27. The van der Waals surface area contributed by atoms with Crippen LogP contribution in [-0.2, 0) is 0 Å². The highest BCUT2D eigenvalue weighted by atomic mass is 16.4. The van der Waals surface area contributed by atoms with Crippen molar-refractivity contribution in [1.82, 2.24) is 4.98 Å². The van der Waals surface area contributed by atoms with Crippen LogP contribution in [0.25, 0.3) is 0 Å². The molecule has 4 nitrogen and oxygen atoms in total. The number of H-pyrrole nitrogens is 1. The van der Waals surface area contributed by atoms with Crippen molar-refractivity contribution in [2.45, 2.75) is 25.2 Å². The Kier molecular flexibility index (Phi) is 1.22. The Morgan fingerprint density at radius 3 is 2.62 bits per heavy atom. The molecule has 2 saturated carbocycles. The van der Waals surface area contributed by atoms with Crippen molar-refractivity contribution in [3.8, 4) is 5.88 Å². The van der Waals surface area contributed by atoms with E-state index < -0.39 is 5.76 Å². The number of aromatic amines is 1. The highest BCUT2D eigenvalue weighted by Crippen LogP contribution is 2.63. The summed E-state index contributed by atoms with van der Waals surface area (Å²) in [6.45, 7) is 0. The highest BCUT2D eigenvalue weighted by molar-refractivity contribution is 5.27. The van der Waals surface area contributed by atoms with E-state index in [2.05, 4.69) is 4.98 Å². The van der Waals surface area contributed by atoms with Crippen LogP contribution in [0, 0.1) is 11.8 Å². The SMILES string of the molecule is O=c1[nH]c(O)c(C2C3CCCC32)o1. The summed E-state index contributed by atoms with van der Waals surface area (Å²) in [5.41, 5.74) is 0. The lowest BCUT2D eigenvalue weighted by Crippen LogP contribution is -1.93. The summed E-state index contributed by atoms with van der Waals surface area (Å²) < 4.78 is 4.91. The van der Waals surface area contributed by atoms with E-state index in [9.17, 15) is 9.90 Å². The van der Waals surface area contributed by atoms with Gasteiger partial charge >= 0.3 is 5.76 Å². The summed E-state index contributed by atoms with van der Waals surface area (Å²) in [6, 6.07) is 0. The first-order valence-corrected chi connectivity index (χ1v) is 4.69. The summed E-state index contributed by atoms with van der Waals surface area (Å²) in [5.74, 6) is 1.50. The summed E-state index contributed by atoms with van der Waals surface area (Å²) in [7, 11) is 0. The molecule has 4 heteroatoms. The van der Waals surface area contributed by atoms with E-state index in [0.29, 0.717) is 23.5 Å². The zero-order valence-corrected chi connectivity index (χ0v) is 7.12. The van der Waals surface area contributed by atoms with E-state index >= 15 is 0 Å². The Balaban J connectivity index is 1.94. The van der Waals surface area contributed by atoms with Gasteiger partial charge in [-0.2, -0.15) is 0 Å². The smallest absolute Gasteiger partial charge is 0.419 e. The van der Waals surface area contributed by atoms with Gasteiger partial charge in [-0.15, -0.1) is 0 Å². The van der Waals surface area contributed by atoms with Crippen molar-refractivity contribution in [3.05, 3.63) is 16.3 Å². The van der Waals surface area contributed by atoms with E-state index in [1.54, 1.807) is 0 Å². The first kappa shape index (κ1) is 7.24. The minimum atomic E-state index is -0.544. The lowest BCUT2D eigenvalue weighted by Gasteiger charge is -1.97. The van der Waals surface area contributed by atoms with E-state index in [-0.39, 0.29) is 5.88 Å². The Labute approximate surface area is 74.6 Å². The number of rotatable bonds is 1. The Morgan fingerprint density at radius 2 is 2.08 bits per heavy atom. The molecule has 0 spiro atoms. The van der Waals surface area contributed by atoms with Crippen LogP contribution in [0.3, 0.4) is 0 Å². The average molecular weight is 181 g/mol. The Morgan fingerprint density at radius 1 is 1.38 bits per heavy atom. The van der Waals surface area contributed by atoms with Crippen LogP contribution >= 0.6 is 0 Å². The number of aromatic hydroxyl groups is 1. The highest BCUT2D eigenvalue weighted by Gasteiger charge is 2.56. The van der Waals surface area contributed by atoms with Gasteiger partial charge in [-0.3, -0.25) is 4.98 Å². The van der Waals surface area contributed by atoms with Gasteiger partial charge in [-0.25, -0.2) is 4.79 Å². The molecule has 2 N–H and O–H groups in total. The number of hydrogen-bond donors (Lipinski definition) is 2. The van der Waals surface area contributed by atoms with Gasteiger partial charge in [-0.05, 0) is 24.7 Å². The zero-order chi connectivity index (χ0) is 9.00. The first-order valence-electron chi connectivity index (χ1n) is 4.69. The van der Waals surface area contributed by atoms with Gasteiger partial charge in [0.1, 0.15) is 0 Å². The molecule has 2 aliphatic rings. The molecule has 1 heterocycles. The van der Waals surface area contributed by atoms with E-state index in [1.165, 1.54) is 19.3 Å². The molecule has 2 unspecified atom stereocenters. The third-order valence-electron chi connectivity index (χ3n) is 3.37. The second kappa shape index (κ2) is 2.19. The van der Waals surface area contributed by atoms with Gasteiger partial charge in [0, 0.05) is 5.92 Å². The fourth-order valence-electron chi connectivity index (χ4n) is 2.77. The fraction of sp³-hybridized carbons (Fsp3) is 0.667. The van der Waals surface area contributed by atoms with Crippen LogP contribution in [-0.4, -0.2) is 10.1 Å². The fourth-order valence-corrected chi connectivity index (χ4v) is 2.77. The molecule has 0 saturated heterocycles. The van der Waals surface area contributed by atoms with Crippen LogP contribution in [0.1, 0.15) is 30.9 Å². The molecule has 70 valence electrons. The second-order valence-electron chi connectivity index (χ2n) is 4.01. The molecule has 0 aromatic carbocycles. The predicted molar refractivity (Wildman–Crippen MR) is 44.6 cm³/mol. The maximum Gasteiger partial charge on any atom is 0.419 e. The molecular weight excluding hydrogens is 170 g/mol. The third-order valence-corrected chi connectivity index (χ3v) is 3.37. The van der Waals surface area contributed by atoms with Gasteiger partial charge in [-0.1, -0.05) is 6.42 Å². The zero-order valence-electron chi connectivity index (χ0n) is 7.12. The van der Waals surface area contributed by atoms with Gasteiger partial charge in [0.25, 0.3) is 0 Å². The maximum absolute atomic E-state index is 10.8. The van der Waals surface area contributed by atoms with Gasteiger partial charge in [0.2, 0.25) is 5.88 Å². The Bertz CT molecular complexity index is 382. The largest absolute Gasteiger partial charge is 0.492 e. The van der Waals surface area contributed by atoms with Gasteiger partial charge < -0.3 is 9.52 Å². The van der Waals surface area contributed by atoms with Crippen LogP contribution in [0.4, 0.5) is 0 Å². The number of nitrogens with one attached hydrogen (secondary N) is 1. The molecule has 0 bridgehead atoms. The van der Waals surface area contributed by atoms with Crippen LogP contribution < -0.4 is 5.76 Å². The summed E-state index contributed by atoms with van der Waals surface area (Å²) in [6.07, 6.45) is 3.70. The van der Waals surface area contributed by atoms with Crippen molar-refractivity contribution in [1.29, 1.82) is 0 Å². The van der Waals surface area contributed by atoms with E-state index in [4.69, 9.17) is 4.42 Å². The molecule has 0 aliphatic heterocycles. The molecule has 0 radical (unpaired) electrons. The monoisotopic (exact) mass is 181 g/mol. The van der Waals surface area contributed by atoms with Crippen LogP contribution in [0.5, 0.6) is 5.88 Å². The Hall–Kier alpha value is -1.19. The average Bonchev–Trinajstić information content (AvgIpc) is 2.47. The van der Waals surface area contributed by atoms with Crippen molar-refractivity contribution in [2.75, 3.05) is 0 Å². The minimum Gasteiger partial charge on any atom is -0.492 e. The van der Waals surface area contributed by atoms with E-state index in [1.807, 2.05) is 0 Å². The summed E-state index contributed by atoms with van der Waals surface area (Å²) >= 11 is 0. The molecular formula is C9H11NO3. The molecule has 0 amide bonds. The predicted octanol–water partition coefficient (Wildman–Crippen LogP) is 1.19. The molecule has 1 aromatic heterocycles. The molecule has 2 aliphatic carbocycles. The molecule has 3 rings (SSSR count). The second-order valence-corrected chi connectivity index (χ2v) is 4.01. The van der Waals surface area contributed by atoms with Crippen LogP contribution in [0.15, 0.2) is 9.21 Å². The lowest BCUT2D eigenvalue weighted by molar-refractivity contribution is 0.409. The maximum atomic E-state index is 10.8. The normalized spacial score (nSPS) is 36.2. The standard InChI is InChI=1S/C9H11NO3/c11-8-7(13-9(12)10-8)6-4-2-1-3-5(4)6/h4-6,11H,1-3H2,(H,10,12). The van der Waals surface area contributed by atoms with Gasteiger partial charge in [0.15, 0.2) is 5.76 Å². The van der Waals surface area contributed by atoms with Gasteiger partial charge in [0.05, 0.1) is 0 Å². The van der Waals surface area contributed by atoms with Crippen molar-refractivity contribution < 1.29 is 9.52 Å². The number of fused-ring (bicyclic) bond motifs is 1. The summed E-state index contributed by atoms with van der Waals surface area (Å²) in [5, 5.41) is 9.35.